The number of rotatable bonds is 4. The highest BCUT2D eigenvalue weighted by Gasteiger charge is 2.20. The summed E-state index contributed by atoms with van der Waals surface area (Å²) in [6, 6.07) is 11.2. The molecule has 10 nitrogen and oxygen atoms in total. The molecule has 10 heteroatoms. The van der Waals surface area contributed by atoms with Gasteiger partial charge >= 0.3 is 0 Å². The zero-order chi connectivity index (χ0) is 19.8. The van der Waals surface area contributed by atoms with E-state index in [1.165, 1.54) is 0 Å². The monoisotopic (exact) mass is 385 g/mol. The number of imidazole rings is 1. The third-order valence-electron chi connectivity index (χ3n) is 4.41. The average Bonchev–Trinajstić information content (AvgIpc) is 3.37. The van der Waals surface area contributed by atoms with Gasteiger partial charge in [-0.15, -0.1) is 5.10 Å². The SMILES string of the molecule is CNC(=O)Cc1nc(-c2cnc3cccnn23)n(-c2cnc3ccccc3n2)n1. The summed E-state index contributed by atoms with van der Waals surface area (Å²) in [5.74, 6) is 1.13. The van der Waals surface area contributed by atoms with Gasteiger partial charge in [-0.05, 0) is 24.3 Å². The topological polar surface area (TPSA) is 116 Å². The maximum absolute atomic E-state index is 11.9. The van der Waals surface area contributed by atoms with Gasteiger partial charge in [0.05, 0.1) is 29.8 Å². The lowest BCUT2D eigenvalue weighted by Crippen LogP contribution is -2.20. The number of hydrogen-bond donors (Lipinski definition) is 1. The van der Waals surface area contributed by atoms with Gasteiger partial charge in [-0.1, -0.05) is 12.1 Å². The number of nitrogens with one attached hydrogen (secondary N) is 1. The first kappa shape index (κ1) is 16.9. The average molecular weight is 385 g/mol. The van der Waals surface area contributed by atoms with Gasteiger partial charge in [-0.25, -0.2) is 19.5 Å². The van der Waals surface area contributed by atoms with Gasteiger partial charge in [0, 0.05) is 13.2 Å². The molecule has 0 saturated heterocycles. The Kier molecular flexibility index (Phi) is 3.94. The normalized spacial score (nSPS) is 11.2. The van der Waals surface area contributed by atoms with Crippen molar-refractivity contribution in [1.29, 1.82) is 0 Å². The predicted molar refractivity (Wildman–Crippen MR) is 104 cm³/mol. The van der Waals surface area contributed by atoms with E-state index in [4.69, 9.17) is 0 Å². The van der Waals surface area contributed by atoms with Crippen molar-refractivity contribution in [3.05, 3.63) is 60.8 Å². The molecular formula is C19H15N9O. The number of aromatic nitrogens is 8. The van der Waals surface area contributed by atoms with Gasteiger partial charge in [0.2, 0.25) is 5.91 Å². The smallest absolute Gasteiger partial charge is 0.227 e. The van der Waals surface area contributed by atoms with Crippen LogP contribution in [0.25, 0.3) is 34.0 Å². The van der Waals surface area contributed by atoms with E-state index in [0.717, 1.165) is 11.0 Å². The molecule has 4 aromatic heterocycles. The third kappa shape index (κ3) is 2.96. The van der Waals surface area contributed by atoms with E-state index in [0.29, 0.717) is 28.8 Å². The predicted octanol–water partition coefficient (Wildman–Crippen LogP) is 1.21. The van der Waals surface area contributed by atoms with Crippen LogP contribution in [0, 0.1) is 0 Å². The maximum atomic E-state index is 11.9. The van der Waals surface area contributed by atoms with Gasteiger partial charge in [-0.2, -0.15) is 9.78 Å². The number of amides is 1. The Balaban J connectivity index is 1.71. The molecule has 0 spiro atoms. The van der Waals surface area contributed by atoms with Crippen molar-refractivity contribution in [3.63, 3.8) is 0 Å². The summed E-state index contributed by atoms with van der Waals surface area (Å²) in [7, 11) is 1.57. The van der Waals surface area contributed by atoms with Gasteiger partial charge in [-0.3, -0.25) is 9.78 Å². The molecule has 0 atom stereocenters. The molecule has 0 aliphatic heterocycles. The fourth-order valence-corrected chi connectivity index (χ4v) is 3.02. The summed E-state index contributed by atoms with van der Waals surface area (Å²) in [4.78, 5) is 29.9. The van der Waals surface area contributed by atoms with Crippen molar-refractivity contribution in [2.45, 2.75) is 6.42 Å². The number of carbonyl (C=O) groups is 1. The van der Waals surface area contributed by atoms with E-state index in [9.17, 15) is 4.79 Å². The minimum atomic E-state index is -0.186. The first-order valence-corrected chi connectivity index (χ1v) is 8.91. The van der Waals surface area contributed by atoms with Crippen LogP contribution < -0.4 is 5.32 Å². The van der Waals surface area contributed by atoms with Gasteiger partial charge in [0.15, 0.2) is 23.1 Å². The number of benzene rings is 1. The molecule has 29 heavy (non-hydrogen) atoms. The fourth-order valence-electron chi connectivity index (χ4n) is 3.02. The third-order valence-corrected chi connectivity index (χ3v) is 4.41. The second kappa shape index (κ2) is 6.75. The summed E-state index contributed by atoms with van der Waals surface area (Å²) in [6.07, 6.45) is 5.00. The van der Waals surface area contributed by atoms with Crippen LogP contribution in [0.1, 0.15) is 5.82 Å². The number of likely N-dealkylation sites (N-methyl/N-ethyl adjacent to an activating group) is 1. The largest absolute Gasteiger partial charge is 0.359 e. The van der Waals surface area contributed by atoms with Gasteiger partial charge in [0.25, 0.3) is 0 Å². The molecule has 4 heterocycles. The lowest BCUT2D eigenvalue weighted by atomic mass is 10.3. The first-order chi connectivity index (χ1) is 14.2. The van der Waals surface area contributed by atoms with E-state index < -0.39 is 0 Å². The molecule has 0 aliphatic rings. The van der Waals surface area contributed by atoms with Crippen LogP contribution in [0.2, 0.25) is 0 Å². The lowest BCUT2D eigenvalue weighted by Gasteiger charge is -2.05. The zero-order valence-electron chi connectivity index (χ0n) is 15.4. The second-order valence-corrected chi connectivity index (χ2v) is 6.27. The van der Waals surface area contributed by atoms with E-state index in [1.54, 1.807) is 34.8 Å². The number of para-hydroxylation sites is 2. The number of carbonyl (C=O) groups excluding carboxylic acids is 1. The fraction of sp³-hybridized carbons (Fsp3) is 0.105. The summed E-state index contributed by atoms with van der Waals surface area (Å²) >= 11 is 0. The number of nitrogens with zero attached hydrogens (tertiary/aromatic N) is 8. The minimum absolute atomic E-state index is 0.0433. The highest BCUT2D eigenvalue weighted by atomic mass is 16.1. The van der Waals surface area contributed by atoms with Crippen LogP contribution in [0.5, 0.6) is 0 Å². The van der Waals surface area contributed by atoms with E-state index in [1.807, 2.05) is 36.4 Å². The van der Waals surface area contributed by atoms with Crippen LogP contribution in [-0.4, -0.2) is 52.3 Å². The molecule has 0 unspecified atom stereocenters. The molecule has 5 rings (SSSR count). The number of hydrogen-bond acceptors (Lipinski definition) is 7. The molecule has 0 bridgehead atoms. The Morgan fingerprint density at radius 2 is 1.90 bits per heavy atom. The van der Waals surface area contributed by atoms with Gasteiger partial charge in [0.1, 0.15) is 5.69 Å². The highest BCUT2D eigenvalue weighted by Crippen LogP contribution is 2.22. The van der Waals surface area contributed by atoms with Crippen molar-refractivity contribution in [2.24, 2.45) is 0 Å². The van der Waals surface area contributed by atoms with Crippen molar-refractivity contribution >= 4 is 22.6 Å². The Hall–Kier alpha value is -4.21. The Labute approximate surface area is 164 Å². The van der Waals surface area contributed by atoms with Gasteiger partial charge < -0.3 is 5.32 Å². The van der Waals surface area contributed by atoms with Crippen LogP contribution in [0.3, 0.4) is 0 Å². The molecule has 0 aliphatic carbocycles. The molecule has 0 fully saturated rings. The van der Waals surface area contributed by atoms with Crippen LogP contribution >= 0.6 is 0 Å². The molecule has 0 saturated carbocycles. The molecule has 0 radical (unpaired) electrons. The molecule has 5 aromatic rings. The van der Waals surface area contributed by atoms with Crippen molar-refractivity contribution in [2.75, 3.05) is 7.05 Å². The Morgan fingerprint density at radius 1 is 1.03 bits per heavy atom. The molecule has 1 aromatic carbocycles. The maximum Gasteiger partial charge on any atom is 0.227 e. The summed E-state index contributed by atoms with van der Waals surface area (Å²) in [6.45, 7) is 0. The number of fused-ring (bicyclic) bond motifs is 2. The quantitative estimate of drug-likeness (QED) is 0.494. The van der Waals surface area contributed by atoms with Crippen LogP contribution in [-0.2, 0) is 11.2 Å². The van der Waals surface area contributed by atoms with E-state index in [-0.39, 0.29) is 12.3 Å². The van der Waals surface area contributed by atoms with Crippen LogP contribution in [0.4, 0.5) is 0 Å². The van der Waals surface area contributed by atoms with Crippen molar-refractivity contribution < 1.29 is 4.79 Å². The van der Waals surface area contributed by atoms with Crippen LogP contribution in [0.15, 0.2) is 55.0 Å². The highest BCUT2D eigenvalue weighted by molar-refractivity contribution is 5.77. The summed E-state index contributed by atoms with van der Waals surface area (Å²) in [5, 5.41) is 11.4. The first-order valence-electron chi connectivity index (χ1n) is 8.91. The standard InChI is InChI=1S/C19H15N9O/c1-20-18(29)9-15-25-19(14-10-22-16-7-4-8-23-27(14)16)28(26-15)17-11-21-12-5-2-3-6-13(12)24-17/h2-8,10-11H,9H2,1H3,(H,20,29). The van der Waals surface area contributed by atoms with E-state index >= 15 is 0 Å². The second-order valence-electron chi connectivity index (χ2n) is 6.27. The lowest BCUT2D eigenvalue weighted by molar-refractivity contribution is -0.120. The summed E-state index contributed by atoms with van der Waals surface area (Å²) < 4.78 is 3.23. The Morgan fingerprint density at radius 3 is 2.76 bits per heavy atom. The van der Waals surface area contributed by atoms with Crippen molar-refractivity contribution in [3.8, 4) is 17.3 Å². The molecule has 1 N–H and O–H groups in total. The Bertz CT molecular complexity index is 1350. The molecular weight excluding hydrogens is 370 g/mol. The summed E-state index contributed by atoms with van der Waals surface area (Å²) in [5.41, 5.74) is 2.82. The zero-order valence-corrected chi connectivity index (χ0v) is 15.4. The molecule has 142 valence electrons. The molecule has 1 amide bonds. The van der Waals surface area contributed by atoms with Crippen molar-refractivity contribution in [1.82, 2.24) is 44.6 Å². The van der Waals surface area contributed by atoms with E-state index in [2.05, 4.69) is 35.5 Å². The minimum Gasteiger partial charge on any atom is -0.359 e.